The first-order valence-electron chi connectivity index (χ1n) is 6.45. The molecule has 2 N–H and O–H groups in total. The van der Waals surface area contributed by atoms with E-state index in [1.165, 1.54) is 19.2 Å². The molecule has 0 aliphatic carbocycles. The molecular formula is C14H19N3O3S. The zero-order valence-electron chi connectivity index (χ0n) is 12.5. The highest BCUT2D eigenvalue weighted by Crippen LogP contribution is 2.24. The van der Waals surface area contributed by atoms with Crippen LogP contribution in [0.2, 0.25) is 0 Å². The van der Waals surface area contributed by atoms with Crippen molar-refractivity contribution in [3.8, 4) is 5.75 Å². The number of H-pyrrole nitrogens is 1. The number of sulfonamides is 1. The van der Waals surface area contributed by atoms with Gasteiger partial charge in [-0.15, -0.1) is 0 Å². The van der Waals surface area contributed by atoms with Gasteiger partial charge < -0.3 is 4.74 Å². The summed E-state index contributed by atoms with van der Waals surface area (Å²) >= 11 is 0. The SMILES string of the molecule is COc1cccc(S(=O)(=O)Nc2cc(C(C)(C)C)[nH]n2)c1. The predicted octanol–water partition coefficient (Wildman–Crippen LogP) is 2.52. The molecular weight excluding hydrogens is 290 g/mol. The third kappa shape index (κ3) is 3.55. The summed E-state index contributed by atoms with van der Waals surface area (Å²) in [7, 11) is -2.20. The molecule has 2 rings (SSSR count). The van der Waals surface area contributed by atoms with E-state index in [9.17, 15) is 8.42 Å². The van der Waals surface area contributed by atoms with Gasteiger partial charge in [-0.2, -0.15) is 5.10 Å². The Kier molecular flexibility index (Phi) is 3.95. The van der Waals surface area contributed by atoms with Crippen LogP contribution in [-0.2, 0) is 15.4 Å². The first-order valence-corrected chi connectivity index (χ1v) is 7.93. The molecule has 1 aromatic carbocycles. The Bertz CT molecular complexity index is 730. The van der Waals surface area contributed by atoms with Gasteiger partial charge in [-0.1, -0.05) is 26.8 Å². The van der Waals surface area contributed by atoms with E-state index in [0.29, 0.717) is 5.75 Å². The topological polar surface area (TPSA) is 84.1 Å². The minimum Gasteiger partial charge on any atom is -0.497 e. The Labute approximate surface area is 124 Å². The molecule has 0 amide bonds. The first-order chi connectivity index (χ1) is 9.72. The van der Waals surface area contributed by atoms with Crippen molar-refractivity contribution in [3.05, 3.63) is 36.0 Å². The zero-order chi connectivity index (χ0) is 15.7. The summed E-state index contributed by atoms with van der Waals surface area (Å²) < 4.78 is 32.1. The Morgan fingerprint density at radius 1 is 1.24 bits per heavy atom. The van der Waals surface area contributed by atoms with Crippen molar-refractivity contribution in [2.75, 3.05) is 11.8 Å². The molecule has 0 aliphatic heterocycles. The lowest BCUT2D eigenvalue weighted by Crippen LogP contribution is -2.13. The van der Waals surface area contributed by atoms with Crippen molar-refractivity contribution in [1.29, 1.82) is 0 Å². The van der Waals surface area contributed by atoms with E-state index in [-0.39, 0.29) is 16.1 Å². The van der Waals surface area contributed by atoms with Gasteiger partial charge in [0.2, 0.25) is 0 Å². The average molecular weight is 309 g/mol. The van der Waals surface area contributed by atoms with Crippen molar-refractivity contribution in [1.82, 2.24) is 10.2 Å². The summed E-state index contributed by atoms with van der Waals surface area (Å²) in [5.74, 6) is 0.748. The van der Waals surface area contributed by atoms with Gasteiger partial charge in [-0.25, -0.2) is 8.42 Å². The summed E-state index contributed by atoms with van der Waals surface area (Å²) in [6.07, 6.45) is 0. The lowest BCUT2D eigenvalue weighted by molar-refractivity contribution is 0.413. The zero-order valence-corrected chi connectivity index (χ0v) is 13.3. The van der Waals surface area contributed by atoms with Crippen molar-refractivity contribution >= 4 is 15.8 Å². The summed E-state index contributed by atoms with van der Waals surface area (Å²) in [5, 5.41) is 6.83. The second-order valence-corrected chi connectivity index (χ2v) is 7.38. The first kappa shape index (κ1) is 15.4. The molecule has 0 atom stereocenters. The summed E-state index contributed by atoms with van der Waals surface area (Å²) in [5.41, 5.74) is 0.720. The van der Waals surface area contributed by atoms with Gasteiger partial charge >= 0.3 is 0 Å². The minimum absolute atomic E-state index is 0.127. The fraction of sp³-hybridized carbons (Fsp3) is 0.357. The van der Waals surface area contributed by atoms with Gasteiger partial charge in [0.1, 0.15) is 5.75 Å². The van der Waals surface area contributed by atoms with Crippen LogP contribution in [0.25, 0.3) is 0 Å². The molecule has 6 nitrogen and oxygen atoms in total. The number of rotatable bonds is 4. The molecule has 0 radical (unpaired) electrons. The van der Waals surface area contributed by atoms with Crippen LogP contribution in [0.15, 0.2) is 35.2 Å². The molecule has 1 heterocycles. The average Bonchev–Trinajstić information content (AvgIpc) is 2.86. The Balaban J connectivity index is 2.27. The maximum atomic E-state index is 12.3. The molecule has 1 aromatic heterocycles. The van der Waals surface area contributed by atoms with Gasteiger partial charge in [0.05, 0.1) is 12.0 Å². The van der Waals surface area contributed by atoms with E-state index in [1.807, 2.05) is 20.8 Å². The molecule has 0 saturated carbocycles. The fourth-order valence-corrected chi connectivity index (χ4v) is 2.75. The molecule has 0 saturated heterocycles. The van der Waals surface area contributed by atoms with Crippen LogP contribution in [0.4, 0.5) is 5.82 Å². The summed E-state index contributed by atoms with van der Waals surface area (Å²) in [4.78, 5) is 0.127. The molecule has 21 heavy (non-hydrogen) atoms. The fourth-order valence-electron chi connectivity index (χ4n) is 1.72. The molecule has 7 heteroatoms. The number of aromatic amines is 1. The maximum Gasteiger partial charge on any atom is 0.263 e. The van der Waals surface area contributed by atoms with E-state index in [4.69, 9.17) is 4.74 Å². The quantitative estimate of drug-likeness (QED) is 0.909. The van der Waals surface area contributed by atoms with Crippen molar-refractivity contribution in [3.63, 3.8) is 0 Å². The molecule has 2 aromatic rings. The number of nitrogens with one attached hydrogen (secondary N) is 2. The lowest BCUT2D eigenvalue weighted by Gasteiger charge is -2.14. The van der Waals surface area contributed by atoms with Gasteiger partial charge in [0.25, 0.3) is 10.0 Å². The van der Waals surface area contributed by atoms with E-state index >= 15 is 0 Å². The van der Waals surface area contributed by atoms with Gasteiger partial charge in [0, 0.05) is 23.2 Å². The third-order valence-electron chi connectivity index (χ3n) is 2.98. The minimum atomic E-state index is -3.69. The van der Waals surface area contributed by atoms with Crippen molar-refractivity contribution < 1.29 is 13.2 Å². The Morgan fingerprint density at radius 3 is 2.52 bits per heavy atom. The van der Waals surface area contributed by atoms with Crippen LogP contribution in [0.5, 0.6) is 5.75 Å². The van der Waals surface area contributed by atoms with E-state index in [0.717, 1.165) is 5.69 Å². The molecule has 0 fully saturated rings. The molecule has 0 spiro atoms. The maximum absolute atomic E-state index is 12.3. The number of hydrogen-bond acceptors (Lipinski definition) is 4. The smallest absolute Gasteiger partial charge is 0.263 e. The van der Waals surface area contributed by atoms with Crippen LogP contribution in [0.1, 0.15) is 26.5 Å². The van der Waals surface area contributed by atoms with Crippen molar-refractivity contribution in [2.24, 2.45) is 0 Å². The second kappa shape index (κ2) is 5.40. The van der Waals surface area contributed by atoms with E-state index in [1.54, 1.807) is 18.2 Å². The number of anilines is 1. The number of aromatic nitrogens is 2. The largest absolute Gasteiger partial charge is 0.497 e. The van der Waals surface area contributed by atoms with Crippen LogP contribution in [-0.4, -0.2) is 25.7 Å². The molecule has 0 unspecified atom stereocenters. The second-order valence-electron chi connectivity index (χ2n) is 5.70. The monoisotopic (exact) mass is 309 g/mol. The normalized spacial score (nSPS) is 12.2. The highest BCUT2D eigenvalue weighted by Gasteiger charge is 2.20. The van der Waals surface area contributed by atoms with Gasteiger partial charge in [-0.3, -0.25) is 9.82 Å². The van der Waals surface area contributed by atoms with E-state index < -0.39 is 10.0 Å². The standard InChI is InChI=1S/C14H19N3O3S/c1-14(2,3)12-9-13(16-15-12)17-21(18,19)11-7-5-6-10(8-11)20-4/h5-9H,1-4H3,(H2,15,16,17). The molecule has 114 valence electrons. The highest BCUT2D eigenvalue weighted by atomic mass is 32.2. The number of benzene rings is 1. The van der Waals surface area contributed by atoms with E-state index in [2.05, 4.69) is 14.9 Å². The number of methoxy groups -OCH3 is 1. The van der Waals surface area contributed by atoms with Crippen molar-refractivity contribution in [2.45, 2.75) is 31.1 Å². The van der Waals surface area contributed by atoms with Gasteiger partial charge in [0.15, 0.2) is 5.82 Å². The predicted molar refractivity (Wildman–Crippen MR) is 81.1 cm³/mol. The van der Waals surface area contributed by atoms with Crippen LogP contribution < -0.4 is 9.46 Å². The summed E-state index contributed by atoms with van der Waals surface area (Å²) in [6, 6.07) is 7.96. The third-order valence-corrected chi connectivity index (χ3v) is 4.33. The Hall–Kier alpha value is -2.02. The molecule has 0 bridgehead atoms. The Morgan fingerprint density at radius 2 is 1.95 bits per heavy atom. The number of hydrogen-bond donors (Lipinski definition) is 2. The van der Waals surface area contributed by atoms with Crippen LogP contribution in [0.3, 0.4) is 0 Å². The lowest BCUT2D eigenvalue weighted by atomic mass is 9.92. The summed E-state index contributed by atoms with van der Waals surface area (Å²) in [6.45, 7) is 6.04. The number of ether oxygens (including phenoxy) is 1. The number of nitrogens with zero attached hydrogens (tertiary/aromatic N) is 1. The van der Waals surface area contributed by atoms with Crippen LogP contribution in [0, 0.1) is 0 Å². The van der Waals surface area contributed by atoms with Gasteiger partial charge in [-0.05, 0) is 12.1 Å². The van der Waals surface area contributed by atoms with Crippen LogP contribution >= 0.6 is 0 Å². The molecule has 0 aliphatic rings. The highest BCUT2D eigenvalue weighted by molar-refractivity contribution is 7.92.